The summed E-state index contributed by atoms with van der Waals surface area (Å²) in [6, 6.07) is 6.15. The molecule has 102 valence electrons. The van der Waals surface area contributed by atoms with Gasteiger partial charge >= 0.3 is 0 Å². The van der Waals surface area contributed by atoms with Gasteiger partial charge in [-0.1, -0.05) is 25.1 Å². The van der Waals surface area contributed by atoms with E-state index in [9.17, 15) is 12.8 Å². The highest BCUT2D eigenvalue weighted by Gasteiger charge is 2.21. The molecule has 0 saturated heterocycles. The molecule has 0 saturated carbocycles. The summed E-state index contributed by atoms with van der Waals surface area (Å²) in [4.78, 5) is 0. The second-order valence-corrected chi connectivity index (χ2v) is 6.81. The smallest absolute Gasteiger partial charge is 0.212 e. The molecule has 3 nitrogen and oxygen atoms in total. The lowest BCUT2D eigenvalue weighted by molar-refractivity contribution is 0.451. The van der Waals surface area contributed by atoms with Gasteiger partial charge in [0.25, 0.3) is 0 Å². The summed E-state index contributed by atoms with van der Waals surface area (Å²) in [5.41, 5.74) is 0.363. The number of benzene rings is 1. The minimum absolute atomic E-state index is 0.0263. The monoisotopic (exact) mass is 293 g/mol. The van der Waals surface area contributed by atoms with Gasteiger partial charge in [0, 0.05) is 25.0 Å². The fourth-order valence-corrected chi connectivity index (χ4v) is 3.16. The van der Waals surface area contributed by atoms with Crippen LogP contribution in [-0.2, 0) is 16.6 Å². The van der Waals surface area contributed by atoms with Gasteiger partial charge in [-0.2, -0.15) is 0 Å². The second kappa shape index (κ2) is 6.50. The SMILES string of the molecule is CC(CCl)CS(=O)(=O)N(C)Cc1ccccc1F. The van der Waals surface area contributed by atoms with Crippen LogP contribution >= 0.6 is 11.6 Å². The van der Waals surface area contributed by atoms with Crippen LogP contribution in [0.2, 0.25) is 0 Å². The lowest BCUT2D eigenvalue weighted by Crippen LogP contribution is -2.31. The highest BCUT2D eigenvalue weighted by Crippen LogP contribution is 2.13. The van der Waals surface area contributed by atoms with Crippen LogP contribution in [0, 0.1) is 11.7 Å². The normalized spacial score (nSPS) is 13.8. The van der Waals surface area contributed by atoms with Gasteiger partial charge in [-0.15, -0.1) is 11.6 Å². The van der Waals surface area contributed by atoms with Crippen LogP contribution in [0.15, 0.2) is 24.3 Å². The lowest BCUT2D eigenvalue weighted by atomic mass is 10.2. The largest absolute Gasteiger partial charge is 0.214 e. The van der Waals surface area contributed by atoms with Crippen LogP contribution in [0.25, 0.3) is 0 Å². The average molecular weight is 294 g/mol. The summed E-state index contributed by atoms with van der Waals surface area (Å²) >= 11 is 5.61. The van der Waals surface area contributed by atoms with E-state index >= 15 is 0 Å². The molecule has 6 heteroatoms. The molecule has 1 atom stereocenters. The van der Waals surface area contributed by atoms with Crippen molar-refractivity contribution >= 4 is 21.6 Å². The van der Waals surface area contributed by atoms with E-state index in [4.69, 9.17) is 11.6 Å². The quantitative estimate of drug-likeness (QED) is 0.756. The van der Waals surface area contributed by atoms with Crippen LogP contribution in [0.3, 0.4) is 0 Å². The van der Waals surface area contributed by atoms with E-state index in [2.05, 4.69) is 0 Å². The van der Waals surface area contributed by atoms with Crippen LogP contribution in [0.1, 0.15) is 12.5 Å². The third-order valence-electron chi connectivity index (χ3n) is 2.58. The summed E-state index contributed by atoms with van der Waals surface area (Å²) < 4.78 is 38.5. The standard InChI is InChI=1S/C12H17ClFNO2S/c1-10(7-13)9-18(16,17)15(2)8-11-5-3-4-6-12(11)14/h3-6,10H,7-9H2,1-2H3. The fourth-order valence-electron chi connectivity index (χ4n) is 1.50. The van der Waals surface area contributed by atoms with E-state index in [1.807, 2.05) is 0 Å². The number of hydrogen-bond donors (Lipinski definition) is 0. The molecule has 0 aliphatic heterocycles. The van der Waals surface area contributed by atoms with Gasteiger partial charge in [0.05, 0.1) is 5.75 Å². The highest BCUT2D eigenvalue weighted by atomic mass is 35.5. The molecule has 0 aliphatic carbocycles. The Labute approximate surface area is 113 Å². The number of alkyl halides is 1. The molecule has 1 rings (SSSR count). The molecule has 1 aromatic rings. The van der Waals surface area contributed by atoms with E-state index in [0.29, 0.717) is 5.56 Å². The Balaban J connectivity index is 2.76. The molecule has 0 amide bonds. The van der Waals surface area contributed by atoms with Gasteiger partial charge in [0.15, 0.2) is 0 Å². The Morgan fingerprint density at radius 1 is 1.39 bits per heavy atom. The maximum absolute atomic E-state index is 13.4. The topological polar surface area (TPSA) is 37.4 Å². The molecule has 0 spiro atoms. The maximum Gasteiger partial charge on any atom is 0.214 e. The number of nitrogens with zero attached hydrogens (tertiary/aromatic N) is 1. The van der Waals surface area contributed by atoms with Crippen molar-refractivity contribution in [2.75, 3.05) is 18.7 Å². The predicted molar refractivity (Wildman–Crippen MR) is 71.5 cm³/mol. The predicted octanol–water partition coefficient (Wildman–Crippen LogP) is 2.46. The van der Waals surface area contributed by atoms with Crippen molar-refractivity contribution in [1.29, 1.82) is 0 Å². The minimum atomic E-state index is -3.40. The Morgan fingerprint density at radius 3 is 2.56 bits per heavy atom. The Hall–Kier alpha value is -0.650. The zero-order valence-corrected chi connectivity index (χ0v) is 12.0. The van der Waals surface area contributed by atoms with Crippen LogP contribution in [-0.4, -0.2) is 31.4 Å². The molecule has 1 aromatic carbocycles. The van der Waals surface area contributed by atoms with Crippen LogP contribution in [0.5, 0.6) is 0 Å². The van der Waals surface area contributed by atoms with E-state index in [1.54, 1.807) is 25.1 Å². The molecule has 0 heterocycles. The van der Waals surface area contributed by atoms with Crippen molar-refractivity contribution in [3.63, 3.8) is 0 Å². The van der Waals surface area contributed by atoms with Crippen LogP contribution < -0.4 is 0 Å². The van der Waals surface area contributed by atoms with Crippen molar-refractivity contribution in [3.8, 4) is 0 Å². The van der Waals surface area contributed by atoms with Gasteiger partial charge in [-0.3, -0.25) is 0 Å². The Bertz CT molecular complexity index is 493. The molecular weight excluding hydrogens is 277 g/mol. The van der Waals surface area contributed by atoms with E-state index < -0.39 is 15.8 Å². The summed E-state index contributed by atoms with van der Waals surface area (Å²) in [7, 11) is -1.96. The van der Waals surface area contributed by atoms with Crippen molar-refractivity contribution in [2.45, 2.75) is 13.5 Å². The molecule has 0 fully saturated rings. The molecule has 0 radical (unpaired) electrons. The molecular formula is C12H17ClFNO2S. The summed E-state index contributed by atoms with van der Waals surface area (Å²) in [6.45, 7) is 1.80. The molecule has 18 heavy (non-hydrogen) atoms. The molecule has 0 bridgehead atoms. The van der Waals surface area contributed by atoms with Crippen molar-refractivity contribution in [1.82, 2.24) is 4.31 Å². The lowest BCUT2D eigenvalue weighted by Gasteiger charge is -2.19. The maximum atomic E-state index is 13.4. The first-order valence-corrected chi connectivity index (χ1v) is 7.74. The number of sulfonamides is 1. The zero-order chi connectivity index (χ0) is 13.8. The summed E-state index contributed by atoms with van der Waals surface area (Å²) in [5.74, 6) is -0.265. The first-order valence-electron chi connectivity index (χ1n) is 5.60. The van der Waals surface area contributed by atoms with E-state index in [1.165, 1.54) is 13.1 Å². The third-order valence-corrected chi connectivity index (χ3v) is 5.18. The van der Waals surface area contributed by atoms with Gasteiger partial charge in [-0.25, -0.2) is 17.1 Å². The third kappa shape index (κ3) is 4.23. The zero-order valence-electron chi connectivity index (χ0n) is 10.4. The van der Waals surface area contributed by atoms with E-state index in [0.717, 1.165) is 4.31 Å². The average Bonchev–Trinajstić information content (AvgIpc) is 2.31. The second-order valence-electron chi connectivity index (χ2n) is 4.39. The first kappa shape index (κ1) is 15.4. The van der Waals surface area contributed by atoms with Gasteiger partial charge < -0.3 is 0 Å². The number of halogens is 2. The first-order chi connectivity index (χ1) is 8.36. The number of rotatable bonds is 6. The molecule has 0 aromatic heterocycles. The fraction of sp³-hybridized carbons (Fsp3) is 0.500. The Kier molecular flexibility index (Phi) is 5.56. The van der Waals surface area contributed by atoms with Crippen LogP contribution in [0.4, 0.5) is 4.39 Å². The van der Waals surface area contributed by atoms with Crippen molar-refractivity contribution < 1.29 is 12.8 Å². The van der Waals surface area contributed by atoms with E-state index in [-0.39, 0.29) is 24.1 Å². The van der Waals surface area contributed by atoms with Crippen molar-refractivity contribution in [2.24, 2.45) is 5.92 Å². The molecule has 1 unspecified atom stereocenters. The summed E-state index contributed by atoms with van der Waals surface area (Å²) in [5, 5.41) is 0. The van der Waals surface area contributed by atoms with Gasteiger partial charge in [0.1, 0.15) is 5.82 Å². The van der Waals surface area contributed by atoms with Crippen molar-refractivity contribution in [3.05, 3.63) is 35.6 Å². The highest BCUT2D eigenvalue weighted by molar-refractivity contribution is 7.89. The van der Waals surface area contributed by atoms with Gasteiger partial charge in [0.2, 0.25) is 10.0 Å². The summed E-state index contributed by atoms with van der Waals surface area (Å²) in [6.07, 6.45) is 0. The van der Waals surface area contributed by atoms with Gasteiger partial charge in [-0.05, 0) is 12.0 Å². The molecule has 0 N–H and O–H groups in total. The molecule has 0 aliphatic rings. The number of hydrogen-bond acceptors (Lipinski definition) is 2. The Morgan fingerprint density at radius 2 is 2.00 bits per heavy atom. The minimum Gasteiger partial charge on any atom is -0.212 e.